The van der Waals surface area contributed by atoms with E-state index in [1.165, 1.54) is 0 Å². The summed E-state index contributed by atoms with van der Waals surface area (Å²) in [6.07, 6.45) is 1.65. The van der Waals surface area contributed by atoms with Crippen molar-refractivity contribution in [2.24, 2.45) is 0 Å². The molecule has 4 N–H and O–H groups in total. The number of aromatic amines is 1. The summed E-state index contributed by atoms with van der Waals surface area (Å²) >= 11 is 0. The Labute approximate surface area is 99.0 Å². The zero-order valence-corrected chi connectivity index (χ0v) is 9.53. The summed E-state index contributed by atoms with van der Waals surface area (Å²) in [6, 6.07) is 7.12. The molecular weight excluding hydrogens is 216 g/mol. The van der Waals surface area contributed by atoms with E-state index in [0.717, 1.165) is 11.3 Å². The fraction of sp³-hybridized carbons (Fsp3) is 0.167. The van der Waals surface area contributed by atoms with E-state index < -0.39 is 0 Å². The topological polar surface area (TPSA) is 83.8 Å². The molecule has 2 aromatic rings. The van der Waals surface area contributed by atoms with Gasteiger partial charge in [-0.15, -0.1) is 0 Å². The van der Waals surface area contributed by atoms with Crippen molar-refractivity contribution in [3.63, 3.8) is 0 Å². The lowest BCUT2D eigenvalue weighted by Gasteiger charge is -2.08. The minimum Gasteiger partial charge on any atom is -0.398 e. The highest BCUT2D eigenvalue weighted by atomic mass is 16.1. The molecule has 0 atom stereocenters. The summed E-state index contributed by atoms with van der Waals surface area (Å²) in [4.78, 5) is 11.9. The number of anilines is 1. The number of nitrogens with two attached hydrogens (primary N) is 1. The first-order valence-electron chi connectivity index (χ1n) is 5.30. The van der Waals surface area contributed by atoms with Crippen molar-refractivity contribution in [2.75, 3.05) is 5.73 Å². The molecule has 17 heavy (non-hydrogen) atoms. The lowest BCUT2D eigenvalue weighted by molar-refractivity contribution is 0.0950. The Morgan fingerprint density at radius 3 is 3.00 bits per heavy atom. The molecule has 0 aliphatic carbocycles. The van der Waals surface area contributed by atoms with Gasteiger partial charge in [0.2, 0.25) is 0 Å². The molecule has 5 nitrogen and oxygen atoms in total. The standard InChI is InChI=1S/C12H14N4O/c1-8-10(3-2-4-11(8)13)12(17)14-7-9-5-6-15-16-9/h2-6H,7,13H2,1H3,(H,14,17)(H,15,16). The van der Waals surface area contributed by atoms with E-state index >= 15 is 0 Å². The minimum atomic E-state index is -0.135. The van der Waals surface area contributed by atoms with Gasteiger partial charge in [0.25, 0.3) is 5.91 Å². The van der Waals surface area contributed by atoms with Crippen LogP contribution in [0.1, 0.15) is 21.6 Å². The average Bonchev–Trinajstić information content (AvgIpc) is 2.82. The zero-order valence-electron chi connectivity index (χ0n) is 9.53. The maximum Gasteiger partial charge on any atom is 0.251 e. The quantitative estimate of drug-likeness (QED) is 0.693. The summed E-state index contributed by atoms with van der Waals surface area (Å²) in [5.74, 6) is -0.135. The molecule has 0 saturated heterocycles. The molecule has 0 aliphatic heterocycles. The number of carbonyl (C=O) groups is 1. The van der Waals surface area contributed by atoms with E-state index in [9.17, 15) is 4.79 Å². The van der Waals surface area contributed by atoms with Gasteiger partial charge >= 0.3 is 0 Å². The molecule has 5 heteroatoms. The number of amides is 1. The van der Waals surface area contributed by atoms with E-state index in [4.69, 9.17) is 5.73 Å². The van der Waals surface area contributed by atoms with Crippen molar-refractivity contribution in [3.05, 3.63) is 47.3 Å². The zero-order chi connectivity index (χ0) is 12.3. The van der Waals surface area contributed by atoms with Crippen LogP contribution < -0.4 is 11.1 Å². The lowest BCUT2D eigenvalue weighted by Crippen LogP contribution is -2.24. The molecule has 0 bridgehead atoms. The number of hydrogen-bond acceptors (Lipinski definition) is 3. The van der Waals surface area contributed by atoms with E-state index in [2.05, 4.69) is 15.5 Å². The van der Waals surface area contributed by atoms with Crippen LogP contribution in [0.4, 0.5) is 5.69 Å². The number of H-pyrrole nitrogens is 1. The van der Waals surface area contributed by atoms with Crippen molar-refractivity contribution >= 4 is 11.6 Å². The highest BCUT2D eigenvalue weighted by Crippen LogP contribution is 2.15. The largest absolute Gasteiger partial charge is 0.398 e. The fourth-order valence-corrected chi connectivity index (χ4v) is 1.55. The van der Waals surface area contributed by atoms with Crippen molar-refractivity contribution < 1.29 is 4.79 Å². The SMILES string of the molecule is Cc1c(N)cccc1C(=O)NCc1ccn[nH]1. The predicted octanol–water partition coefficient (Wildman–Crippen LogP) is 1.23. The monoisotopic (exact) mass is 230 g/mol. The van der Waals surface area contributed by atoms with Gasteiger partial charge in [-0.2, -0.15) is 5.10 Å². The van der Waals surface area contributed by atoms with E-state index in [-0.39, 0.29) is 5.91 Å². The normalized spacial score (nSPS) is 10.2. The number of rotatable bonds is 3. The highest BCUT2D eigenvalue weighted by molar-refractivity contribution is 5.96. The molecule has 88 valence electrons. The van der Waals surface area contributed by atoms with Gasteiger partial charge in [-0.05, 0) is 30.7 Å². The summed E-state index contributed by atoms with van der Waals surface area (Å²) in [5, 5.41) is 9.39. The molecule has 1 amide bonds. The number of nitrogens with one attached hydrogen (secondary N) is 2. The second-order valence-corrected chi connectivity index (χ2v) is 3.78. The second-order valence-electron chi connectivity index (χ2n) is 3.78. The molecule has 0 aliphatic rings. The molecule has 1 heterocycles. The van der Waals surface area contributed by atoms with Crippen LogP contribution in [0.15, 0.2) is 30.5 Å². The summed E-state index contributed by atoms with van der Waals surface area (Å²) < 4.78 is 0. The molecule has 0 unspecified atom stereocenters. The van der Waals surface area contributed by atoms with Crippen LogP contribution in [-0.4, -0.2) is 16.1 Å². The van der Waals surface area contributed by atoms with E-state index in [0.29, 0.717) is 17.8 Å². The lowest BCUT2D eigenvalue weighted by atomic mass is 10.1. The third-order valence-corrected chi connectivity index (χ3v) is 2.62. The van der Waals surface area contributed by atoms with Crippen LogP contribution in [-0.2, 0) is 6.54 Å². The number of nitrogens with zero attached hydrogens (tertiary/aromatic N) is 1. The Balaban J connectivity index is 2.07. The smallest absolute Gasteiger partial charge is 0.251 e. The van der Waals surface area contributed by atoms with Gasteiger partial charge in [-0.25, -0.2) is 0 Å². The number of benzene rings is 1. The van der Waals surface area contributed by atoms with Gasteiger partial charge in [0.1, 0.15) is 0 Å². The van der Waals surface area contributed by atoms with Gasteiger partial charge in [0.05, 0.1) is 12.2 Å². The molecule has 2 rings (SSSR count). The van der Waals surface area contributed by atoms with Crippen LogP contribution in [0.5, 0.6) is 0 Å². The van der Waals surface area contributed by atoms with Crippen LogP contribution in [0.2, 0.25) is 0 Å². The Hall–Kier alpha value is -2.30. The predicted molar refractivity (Wildman–Crippen MR) is 65.3 cm³/mol. The fourth-order valence-electron chi connectivity index (χ4n) is 1.55. The van der Waals surface area contributed by atoms with E-state index in [1.54, 1.807) is 24.4 Å². The average molecular weight is 230 g/mol. The van der Waals surface area contributed by atoms with Crippen LogP contribution in [0.25, 0.3) is 0 Å². The molecule has 1 aromatic heterocycles. The third-order valence-electron chi connectivity index (χ3n) is 2.62. The Bertz CT molecular complexity index is 519. The molecule has 1 aromatic carbocycles. The van der Waals surface area contributed by atoms with Crippen LogP contribution in [0, 0.1) is 6.92 Å². The van der Waals surface area contributed by atoms with E-state index in [1.807, 2.05) is 13.0 Å². The van der Waals surface area contributed by atoms with Gasteiger partial charge < -0.3 is 11.1 Å². The van der Waals surface area contributed by atoms with Gasteiger partial charge in [0.15, 0.2) is 0 Å². The van der Waals surface area contributed by atoms with Crippen LogP contribution >= 0.6 is 0 Å². The number of carbonyl (C=O) groups excluding carboxylic acids is 1. The Morgan fingerprint density at radius 1 is 1.47 bits per heavy atom. The maximum absolute atomic E-state index is 11.9. The number of aromatic nitrogens is 2. The molecule has 0 saturated carbocycles. The first-order valence-corrected chi connectivity index (χ1v) is 5.30. The van der Waals surface area contributed by atoms with Gasteiger partial charge in [-0.3, -0.25) is 9.89 Å². The first-order chi connectivity index (χ1) is 8.18. The first kappa shape index (κ1) is 11.2. The third kappa shape index (κ3) is 2.44. The van der Waals surface area contributed by atoms with Crippen molar-refractivity contribution in [3.8, 4) is 0 Å². The number of nitrogen functional groups attached to an aromatic ring is 1. The van der Waals surface area contributed by atoms with Crippen molar-refractivity contribution in [1.29, 1.82) is 0 Å². The molecule has 0 radical (unpaired) electrons. The molecule has 0 spiro atoms. The summed E-state index contributed by atoms with van der Waals surface area (Å²) in [7, 11) is 0. The Kier molecular flexibility index (Phi) is 3.09. The highest BCUT2D eigenvalue weighted by Gasteiger charge is 2.09. The Morgan fingerprint density at radius 2 is 2.29 bits per heavy atom. The number of hydrogen-bond donors (Lipinski definition) is 3. The molecular formula is C12H14N4O. The van der Waals surface area contributed by atoms with Crippen molar-refractivity contribution in [1.82, 2.24) is 15.5 Å². The summed E-state index contributed by atoms with van der Waals surface area (Å²) in [5.41, 5.74) is 8.64. The van der Waals surface area contributed by atoms with Crippen molar-refractivity contribution in [2.45, 2.75) is 13.5 Å². The van der Waals surface area contributed by atoms with Gasteiger partial charge in [0, 0.05) is 17.4 Å². The van der Waals surface area contributed by atoms with Crippen LogP contribution in [0.3, 0.4) is 0 Å². The summed E-state index contributed by atoms with van der Waals surface area (Å²) in [6.45, 7) is 2.26. The second kappa shape index (κ2) is 4.69. The minimum absolute atomic E-state index is 0.135. The van der Waals surface area contributed by atoms with Gasteiger partial charge in [-0.1, -0.05) is 6.07 Å². The molecule has 0 fully saturated rings. The maximum atomic E-state index is 11.9.